The molecule has 0 bridgehead atoms. The first-order valence-electron chi connectivity index (χ1n) is 7.08. The molecule has 0 spiro atoms. The van der Waals surface area contributed by atoms with Gasteiger partial charge in [0.05, 0.1) is 0 Å². The second kappa shape index (κ2) is 6.69. The molecule has 2 heteroatoms. The summed E-state index contributed by atoms with van der Waals surface area (Å²) in [4.78, 5) is 14.5. The predicted octanol–water partition coefficient (Wildman–Crippen LogP) is 3.44. The minimum atomic E-state index is 0.277. The van der Waals surface area contributed by atoms with Crippen LogP contribution in [-0.4, -0.2) is 30.3 Å². The highest BCUT2D eigenvalue weighted by Crippen LogP contribution is 2.11. The summed E-state index contributed by atoms with van der Waals surface area (Å²) in [5.74, 6) is 0.277. The van der Waals surface area contributed by atoms with Gasteiger partial charge < -0.3 is 4.90 Å². The highest BCUT2D eigenvalue weighted by atomic mass is 16.1. The molecule has 1 saturated heterocycles. The molecule has 0 aromatic heterocycles. The van der Waals surface area contributed by atoms with Gasteiger partial charge in [-0.25, -0.2) is 0 Å². The van der Waals surface area contributed by atoms with Crippen molar-refractivity contribution in [1.29, 1.82) is 0 Å². The van der Waals surface area contributed by atoms with Gasteiger partial charge in [-0.2, -0.15) is 0 Å². The second-order valence-electron chi connectivity index (χ2n) is 5.30. The van der Waals surface area contributed by atoms with Crippen LogP contribution >= 0.6 is 0 Å². The summed E-state index contributed by atoms with van der Waals surface area (Å²) in [6.45, 7) is 5.31. The third kappa shape index (κ3) is 3.95. The summed E-state index contributed by atoms with van der Waals surface area (Å²) in [6.07, 6.45) is 5.94. The highest BCUT2D eigenvalue weighted by Gasteiger charge is 2.11. The Bertz CT molecular complexity index is 375. The Labute approximate surface area is 110 Å². The molecule has 2 rings (SSSR count). The van der Waals surface area contributed by atoms with Gasteiger partial charge in [0.1, 0.15) is 0 Å². The van der Waals surface area contributed by atoms with Crippen LogP contribution in [0.1, 0.15) is 48.0 Å². The molecule has 0 saturated carbocycles. The first kappa shape index (κ1) is 13.3. The monoisotopic (exact) mass is 245 g/mol. The Kier molecular flexibility index (Phi) is 4.94. The standard InChI is InChI=1S/C16H23NO/c1-14-6-8-15(9-7-14)16(18)10-13-17-11-4-2-3-5-12-17/h6-9H,2-5,10-13H2,1H3. The van der Waals surface area contributed by atoms with Crippen molar-refractivity contribution in [2.75, 3.05) is 19.6 Å². The van der Waals surface area contributed by atoms with Gasteiger partial charge in [-0.3, -0.25) is 4.79 Å². The zero-order valence-electron chi connectivity index (χ0n) is 11.3. The minimum absolute atomic E-state index is 0.277. The Morgan fingerprint density at radius 1 is 1.06 bits per heavy atom. The van der Waals surface area contributed by atoms with Gasteiger partial charge >= 0.3 is 0 Å². The number of benzene rings is 1. The van der Waals surface area contributed by atoms with Crippen LogP contribution in [0.2, 0.25) is 0 Å². The fourth-order valence-corrected chi connectivity index (χ4v) is 2.50. The first-order valence-corrected chi connectivity index (χ1v) is 7.08. The number of hydrogen-bond donors (Lipinski definition) is 0. The third-order valence-corrected chi connectivity index (χ3v) is 3.73. The molecule has 0 radical (unpaired) electrons. The lowest BCUT2D eigenvalue weighted by atomic mass is 10.1. The summed E-state index contributed by atoms with van der Waals surface area (Å²) < 4.78 is 0. The number of aryl methyl sites for hydroxylation is 1. The molecule has 1 aromatic rings. The van der Waals surface area contributed by atoms with Crippen molar-refractivity contribution in [2.24, 2.45) is 0 Å². The molecule has 0 N–H and O–H groups in total. The highest BCUT2D eigenvalue weighted by molar-refractivity contribution is 5.96. The van der Waals surface area contributed by atoms with Crippen LogP contribution in [0.15, 0.2) is 24.3 Å². The zero-order valence-corrected chi connectivity index (χ0v) is 11.3. The van der Waals surface area contributed by atoms with E-state index >= 15 is 0 Å². The fourth-order valence-electron chi connectivity index (χ4n) is 2.50. The summed E-state index contributed by atoms with van der Waals surface area (Å²) in [7, 11) is 0. The lowest BCUT2D eigenvalue weighted by molar-refractivity contribution is 0.0965. The van der Waals surface area contributed by atoms with Gasteiger partial charge in [-0.1, -0.05) is 42.7 Å². The Morgan fingerprint density at radius 3 is 2.28 bits per heavy atom. The number of nitrogens with zero attached hydrogens (tertiary/aromatic N) is 1. The Morgan fingerprint density at radius 2 is 1.67 bits per heavy atom. The van der Waals surface area contributed by atoms with E-state index in [1.54, 1.807) is 0 Å². The van der Waals surface area contributed by atoms with E-state index in [9.17, 15) is 4.79 Å². The molecule has 1 heterocycles. The fraction of sp³-hybridized carbons (Fsp3) is 0.562. The van der Waals surface area contributed by atoms with Crippen molar-refractivity contribution >= 4 is 5.78 Å². The SMILES string of the molecule is Cc1ccc(C(=O)CCN2CCCCCC2)cc1. The van der Waals surface area contributed by atoms with Crippen molar-refractivity contribution < 1.29 is 4.79 Å². The predicted molar refractivity (Wildman–Crippen MR) is 75.0 cm³/mol. The van der Waals surface area contributed by atoms with Crippen molar-refractivity contribution in [3.63, 3.8) is 0 Å². The quantitative estimate of drug-likeness (QED) is 0.757. The number of Topliss-reactive ketones (excluding diaryl/α,β-unsaturated/α-hetero) is 1. The summed E-state index contributed by atoms with van der Waals surface area (Å²) in [5, 5.41) is 0. The maximum atomic E-state index is 12.1. The summed E-state index contributed by atoms with van der Waals surface area (Å²) >= 11 is 0. The van der Waals surface area contributed by atoms with Crippen LogP contribution < -0.4 is 0 Å². The molecule has 0 aliphatic carbocycles. The van der Waals surface area contributed by atoms with Gasteiger partial charge in [0.15, 0.2) is 5.78 Å². The number of ketones is 1. The number of carbonyl (C=O) groups excluding carboxylic acids is 1. The van der Waals surface area contributed by atoms with Gasteiger partial charge in [0.25, 0.3) is 0 Å². The Hall–Kier alpha value is -1.15. The number of carbonyl (C=O) groups is 1. The van der Waals surface area contributed by atoms with Crippen molar-refractivity contribution in [3.8, 4) is 0 Å². The lowest BCUT2D eigenvalue weighted by Gasteiger charge is -2.18. The summed E-state index contributed by atoms with van der Waals surface area (Å²) in [5.41, 5.74) is 2.06. The molecular formula is C16H23NO. The molecule has 1 aromatic carbocycles. The van der Waals surface area contributed by atoms with Gasteiger partial charge in [-0.05, 0) is 32.9 Å². The molecule has 1 fully saturated rings. The van der Waals surface area contributed by atoms with Gasteiger partial charge in [0, 0.05) is 18.5 Å². The molecule has 98 valence electrons. The van der Waals surface area contributed by atoms with Crippen LogP contribution in [0.3, 0.4) is 0 Å². The van der Waals surface area contributed by atoms with Crippen LogP contribution in [0.25, 0.3) is 0 Å². The number of hydrogen-bond acceptors (Lipinski definition) is 2. The van der Waals surface area contributed by atoms with E-state index in [1.807, 2.05) is 31.2 Å². The smallest absolute Gasteiger partial charge is 0.164 e. The minimum Gasteiger partial charge on any atom is -0.303 e. The second-order valence-corrected chi connectivity index (χ2v) is 5.30. The van der Waals surface area contributed by atoms with Crippen LogP contribution in [0.5, 0.6) is 0 Å². The normalized spacial score (nSPS) is 17.4. The molecule has 1 aliphatic heterocycles. The van der Waals surface area contributed by atoms with Gasteiger partial charge in [-0.15, -0.1) is 0 Å². The average Bonchev–Trinajstić information content (AvgIpc) is 2.65. The molecule has 0 atom stereocenters. The van der Waals surface area contributed by atoms with Crippen LogP contribution in [-0.2, 0) is 0 Å². The maximum absolute atomic E-state index is 12.1. The first-order chi connectivity index (χ1) is 8.75. The van der Waals surface area contributed by atoms with Crippen molar-refractivity contribution in [2.45, 2.75) is 39.0 Å². The van der Waals surface area contributed by atoms with E-state index in [-0.39, 0.29) is 5.78 Å². The van der Waals surface area contributed by atoms with Crippen molar-refractivity contribution in [3.05, 3.63) is 35.4 Å². The lowest BCUT2D eigenvalue weighted by Crippen LogP contribution is -2.27. The zero-order chi connectivity index (χ0) is 12.8. The maximum Gasteiger partial charge on any atom is 0.164 e. The van der Waals surface area contributed by atoms with Crippen molar-refractivity contribution in [1.82, 2.24) is 4.90 Å². The van der Waals surface area contributed by atoms with E-state index in [2.05, 4.69) is 4.90 Å². The summed E-state index contributed by atoms with van der Waals surface area (Å²) in [6, 6.07) is 7.92. The van der Waals surface area contributed by atoms with E-state index in [1.165, 1.54) is 44.3 Å². The molecule has 1 aliphatic rings. The molecule has 18 heavy (non-hydrogen) atoms. The van der Waals surface area contributed by atoms with Gasteiger partial charge in [0.2, 0.25) is 0 Å². The molecule has 2 nitrogen and oxygen atoms in total. The van der Waals surface area contributed by atoms with E-state index in [0.29, 0.717) is 6.42 Å². The Balaban J connectivity index is 1.82. The molecule has 0 amide bonds. The average molecular weight is 245 g/mol. The molecule has 0 unspecified atom stereocenters. The number of likely N-dealkylation sites (tertiary alicyclic amines) is 1. The molecular weight excluding hydrogens is 222 g/mol. The largest absolute Gasteiger partial charge is 0.303 e. The van der Waals surface area contributed by atoms with E-state index in [0.717, 1.165) is 12.1 Å². The topological polar surface area (TPSA) is 20.3 Å². The van der Waals surface area contributed by atoms with E-state index in [4.69, 9.17) is 0 Å². The van der Waals surface area contributed by atoms with Crippen LogP contribution in [0, 0.1) is 6.92 Å². The number of rotatable bonds is 4. The third-order valence-electron chi connectivity index (χ3n) is 3.73. The van der Waals surface area contributed by atoms with Crippen LogP contribution in [0.4, 0.5) is 0 Å². The van der Waals surface area contributed by atoms with E-state index < -0.39 is 0 Å².